The van der Waals surface area contributed by atoms with Gasteiger partial charge in [-0.25, -0.2) is 14.8 Å². The summed E-state index contributed by atoms with van der Waals surface area (Å²) in [5.41, 5.74) is -0.478. The van der Waals surface area contributed by atoms with Crippen LogP contribution < -0.4 is 9.64 Å². The fourth-order valence-electron chi connectivity index (χ4n) is 2.37. The van der Waals surface area contributed by atoms with Gasteiger partial charge in [-0.15, -0.1) is 0 Å². The average molecular weight is 308 g/mol. The van der Waals surface area contributed by atoms with Crippen LogP contribution >= 0.6 is 0 Å². The monoisotopic (exact) mass is 308 g/mol. The van der Waals surface area contributed by atoms with Crippen molar-refractivity contribution < 1.29 is 14.3 Å². The molecule has 1 aromatic rings. The number of amides is 1. The summed E-state index contributed by atoms with van der Waals surface area (Å²) < 4.78 is 10.6. The maximum atomic E-state index is 12.2. The molecule has 0 bridgehead atoms. The number of ether oxygens (including phenoxy) is 2. The predicted octanol–water partition coefficient (Wildman–Crippen LogP) is 1.93. The minimum absolute atomic E-state index is 0.0459. The lowest BCUT2D eigenvalue weighted by Gasteiger charge is -2.40. The van der Waals surface area contributed by atoms with Crippen molar-refractivity contribution >= 4 is 11.9 Å². The van der Waals surface area contributed by atoms with E-state index in [-0.39, 0.29) is 12.1 Å². The van der Waals surface area contributed by atoms with Gasteiger partial charge in [0.25, 0.3) is 0 Å². The molecule has 0 aliphatic carbocycles. The number of nitrogens with zero attached hydrogens (tertiary/aromatic N) is 4. The molecule has 0 spiro atoms. The van der Waals surface area contributed by atoms with Gasteiger partial charge in [-0.3, -0.25) is 0 Å². The lowest BCUT2D eigenvalue weighted by Crippen LogP contribution is -2.55. The van der Waals surface area contributed by atoms with Crippen molar-refractivity contribution in [2.24, 2.45) is 0 Å². The van der Waals surface area contributed by atoms with Crippen LogP contribution in [0.1, 0.15) is 27.7 Å². The topological polar surface area (TPSA) is 67.8 Å². The van der Waals surface area contributed by atoms with Crippen LogP contribution in [-0.2, 0) is 4.74 Å². The summed E-state index contributed by atoms with van der Waals surface area (Å²) in [6, 6.07) is 1.85. The first kappa shape index (κ1) is 16.3. The molecule has 0 radical (unpaired) electrons. The van der Waals surface area contributed by atoms with Gasteiger partial charge in [-0.1, -0.05) is 0 Å². The molecule has 7 heteroatoms. The van der Waals surface area contributed by atoms with Crippen molar-refractivity contribution in [2.45, 2.75) is 39.3 Å². The summed E-state index contributed by atoms with van der Waals surface area (Å²) in [6.45, 7) is 9.62. The second kappa shape index (κ2) is 6.37. The zero-order chi connectivity index (χ0) is 16.3. The number of hydrogen-bond acceptors (Lipinski definition) is 6. The quantitative estimate of drug-likeness (QED) is 0.831. The molecule has 1 aromatic heterocycles. The van der Waals surface area contributed by atoms with Crippen LogP contribution in [0.5, 0.6) is 5.88 Å². The maximum absolute atomic E-state index is 12.2. The number of piperazine rings is 1. The van der Waals surface area contributed by atoms with E-state index in [1.807, 2.05) is 27.7 Å². The number of carbonyl (C=O) groups is 1. The predicted molar refractivity (Wildman–Crippen MR) is 83.2 cm³/mol. The molecule has 1 aliphatic heterocycles. The number of aromatic nitrogens is 2. The van der Waals surface area contributed by atoms with Crippen LogP contribution in [0.3, 0.4) is 0 Å². The van der Waals surface area contributed by atoms with Crippen LogP contribution in [0.2, 0.25) is 0 Å². The lowest BCUT2D eigenvalue weighted by atomic mass is 10.2. The number of carbonyl (C=O) groups excluding carboxylic acids is 1. The third kappa shape index (κ3) is 3.99. The first-order chi connectivity index (χ1) is 10.3. The Balaban J connectivity index is 2.01. The molecule has 1 amide bonds. The van der Waals surface area contributed by atoms with Crippen molar-refractivity contribution in [3.8, 4) is 5.88 Å². The van der Waals surface area contributed by atoms with Gasteiger partial charge in [-0.05, 0) is 27.7 Å². The number of methoxy groups -OCH3 is 1. The molecule has 1 fully saturated rings. The van der Waals surface area contributed by atoms with Gasteiger partial charge in [0.1, 0.15) is 17.7 Å². The van der Waals surface area contributed by atoms with Gasteiger partial charge in [0.2, 0.25) is 5.88 Å². The van der Waals surface area contributed by atoms with Gasteiger partial charge in [0, 0.05) is 31.7 Å². The zero-order valence-electron chi connectivity index (χ0n) is 13.9. The second-order valence-corrected chi connectivity index (χ2v) is 6.39. The fraction of sp³-hybridized carbons (Fsp3) is 0.667. The van der Waals surface area contributed by atoms with E-state index in [4.69, 9.17) is 9.47 Å². The SMILES string of the molecule is COc1cc(N2CCN(C(=O)OC(C)(C)C)[C@@H](C)C2)ncn1. The van der Waals surface area contributed by atoms with E-state index in [2.05, 4.69) is 14.9 Å². The Bertz CT molecular complexity index is 530. The number of anilines is 1. The van der Waals surface area contributed by atoms with Crippen LogP contribution in [0.15, 0.2) is 12.4 Å². The van der Waals surface area contributed by atoms with Gasteiger partial charge >= 0.3 is 6.09 Å². The van der Waals surface area contributed by atoms with Crippen LogP contribution in [0.4, 0.5) is 10.6 Å². The molecule has 2 heterocycles. The summed E-state index contributed by atoms with van der Waals surface area (Å²) >= 11 is 0. The number of hydrogen-bond donors (Lipinski definition) is 0. The Morgan fingerprint density at radius 1 is 1.32 bits per heavy atom. The third-order valence-electron chi connectivity index (χ3n) is 3.42. The highest BCUT2D eigenvalue weighted by Crippen LogP contribution is 2.21. The highest BCUT2D eigenvalue weighted by atomic mass is 16.6. The molecule has 7 nitrogen and oxygen atoms in total. The molecular formula is C15H24N4O3. The van der Waals surface area contributed by atoms with E-state index in [9.17, 15) is 4.79 Å². The van der Waals surface area contributed by atoms with Gasteiger partial charge in [-0.2, -0.15) is 0 Å². The standard InChI is InChI=1S/C15H24N4O3/c1-11-9-18(12-8-13(21-5)17-10-16-12)6-7-19(11)14(20)22-15(2,3)4/h8,10-11H,6-7,9H2,1-5H3/t11-/m0/s1. The van der Waals surface area contributed by atoms with E-state index in [0.717, 1.165) is 5.82 Å². The van der Waals surface area contributed by atoms with Crippen molar-refractivity contribution in [1.82, 2.24) is 14.9 Å². The lowest BCUT2D eigenvalue weighted by molar-refractivity contribution is 0.0158. The Morgan fingerprint density at radius 3 is 2.64 bits per heavy atom. The molecule has 122 valence electrons. The molecule has 2 rings (SSSR count). The molecule has 0 aromatic carbocycles. The Labute approximate surface area is 131 Å². The number of rotatable bonds is 2. The highest BCUT2D eigenvalue weighted by Gasteiger charge is 2.31. The molecule has 0 saturated carbocycles. The minimum Gasteiger partial charge on any atom is -0.481 e. The Morgan fingerprint density at radius 2 is 2.05 bits per heavy atom. The summed E-state index contributed by atoms with van der Waals surface area (Å²) in [5, 5.41) is 0. The summed E-state index contributed by atoms with van der Waals surface area (Å²) in [5.74, 6) is 1.34. The normalized spacial score (nSPS) is 19.0. The Kier molecular flexibility index (Phi) is 4.73. The Hall–Kier alpha value is -2.05. The third-order valence-corrected chi connectivity index (χ3v) is 3.42. The second-order valence-electron chi connectivity index (χ2n) is 6.39. The smallest absolute Gasteiger partial charge is 0.410 e. The zero-order valence-corrected chi connectivity index (χ0v) is 13.9. The summed E-state index contributed by atoms with van der Waals surface area (Å²) in [4.78, 5) is 24.4. The molecule has 0 N–H and O–H groups in total. The van der Waals surface area contributed by atoms with Crippen molar-refractivity contribution in [2.75, 3.05) is 31.6 Å². The van der Waals surface area contributed by atoms with Gasteiger partial charge < -0.3 is 19.3 Å². The molecule has 0 unspecified atom stereocenters. The molecule has 1 atom stereocenters. The van der Waals surface area contributed by atoms with Crippen molar-refractivity contribution in [3.05, 3.63) is 12.4 Å². The maximum Gasteiger partial charge on any atom is 0.410 e. The van der Waals surface area contributed by atoms with E-state index in [1.165, 1.54) is 6.33 Å². The minimum atomic E-state index is -0.478. The van der Waals surface area contributed by atoms with Crippen LogP contribution in [-0.4, -0.2) is 59.3 Å². The van der Waals surface area contributed by atoms with Gasteiger partial charge in [0.05, 0.1) is 7.11 Å². The molecule has 1 saturated heterocycles. The van der Waals surface area contributed by atoms with E-state index < -0.39 is 5.60 Å². The van der Waals surface area contributed by atoms with Gasteiger partial charge in [0.15, 0.2) is 0 Å². The van der Waals surface area contributed by atoms with Crippen LogP contribution in [0, 0.1) is 0 Å². The average Bonchev–Trinajstić information content (AvgIpc) is 2.45. The fourth-order valence-corrected chi connectivity index (χ4v) is 2.37. The highest BCUT2D eigenvalue weighted by molar-refractivity contribution is 5.69. The van der Waals surface area contributed by atoms with E-state index in [1.54, 1.807) is 18.1 Å². The van der Waals surface area contributed by atoms with Crippen LogP contribution in [0.25, 0.3) is 0 Å². The molecular weight excluding hydrogens is 284 g/mol. The van der Waals surface area contributed by atoms with E-state index >= 15 is 0 Å². The largest absolute Gasteiger partial charge is 0.481 e. The first-order valence-electron chi connectivity index (χ1n) is 7.41. The molecule has 1 aliphatic rings. The first-order valence-corrected chi connectivity index (χ1v) is 7.41. The van der Waals surface area contributed by atoms with E-state index in [0.29, 0.717) is 25.5 Å². The summed E-state index contributed by atoms with van der Waals surface area (Å²) in [6.07, 6.45) is 1.22. The van der Waals surface area contributed by atoms with Crippen molar-refractivity contribution in [3.63, 3.8) is 0 Å². The van der Waals surface area contributed by atoms with Crippen molar-refractivity contribution in [1.29, 1.82) is 0 Å². The summed E-state index contributed by atoms with van der Waals surface area (Å²) in [7, 11) is 1.58. The molecule has 22 heavy (non-hydrogen) atoms.